The summed E-state index contributed by atoms with van der Waals surface area (Å²) >= 11 is 0. The smallest absolute Gasteiger partial charge is 0.271 e. The number of aromatic nitrogens is 1. The van der Waals surface area contributed by atoms with E-state index >= 15 is 0 Å². The van der Waals surface area contributed by atoms with Crippen molar-refractivity contribution in [2.24, 2.45) is 29.6 Å². The summed E-state index contributed by atoms with van der Waals surface area (Å²) in [4.78, 5) is 25.7. The number of hydrazine groups is 1. The van der Waals surface area contributed by atoms with Crippen molar-refractivity contribution in [1.82, 2.24) is 15.4 Å². The molecule has 1 aromatic carbocycles. The molecule has 0 radical (unpaired) electrons. The van der Waals surface area contributed by atoms with Crippen LogP contribution in [0.4, 0.5) is 0 Å². The monoisotopic (exact) mass is 391 g/mol. The van der Waals surface area contributed by atoms with Gasteiger partial charge in [-0.2, -0.15) is 0 Å². The molecule has 0 spiro atoms. The number of rotatable bonds is 3. The van der Waals surface area contributed by atoms with Gasteiger partial charge >= 0.3 is 0 Å². The highest BCUT2D eigenvalue weighted by molar-refractivity contribution is 5.97. The SMILES string of the molecule is Cc1cc(C(=O)NNC(=O)C2C3CC4CC(C3)CC2C4)c(C)n1-c1ccccc1. The Kier molecular flexibility index (Phi) is 4.49. The molecule has 0 saturated heterocycles. The number of hydrogen-bond donors (Lipinski definition) is 2. The summed E-state index contributed by atoms with van der Waals surface area (Å²) in [6.45, 7) is 3.93. The number of hydrogen-bond acceptors (Lipinski definition) is 2. The third kappa shape index (κ3) is 3.17. The van der Waals surface area contributed by atoms with E-state index in [0.717, 1.165) is 28.9 Å². The number of amides is 2. The van der Waals surface area contributed by atoms with Crippen molar-refractivity contribution in [2.45, 2.75) is 46.0 Å². The lowest BCUT2D eigenvalue weighted by Crippen LogP contribution is -2.54. The minimum absolute atomic E-state index is 0.00372. The average molecular weight is 392 g/mol. The van der Waals surface area contributed by atoms with Gasteiger partial charge < -0.3 is 4.57 Å². The van der Waals surface area contributed by atoms with E-state index in [1.807, 2.05) is 50.2 Å². The van der Waals surface area contributed by atoms with Crippen LogP contribution in [0.1, 0.15) is 53.8 Å². The van der Waals surface area contributed by atoms with Crippen molar-refractivity contribution in [1.29, 1.82) is 0 Å². The van der Waals surface area contributed by atoms with E-state index in [1.54, 1.807) is 0 Å². The van der Waals surface area contributed by atoms with Gasteiger partial charge in [0.15, 0.2) is 0 Å². The van der Waals surface area contributed by atoms with Crippen molar-refractivity contribution in [3.05, 3.63) is 53.3 Å². The van der Waals surface area contributed by atoms with Crippen molar-refractivity contribution in [3.8, 4) is 5.69 Å². The zero-order valence-corrected chi connectivity index (χ0v) is 17.2. The lowest BCUT2D eigenvalue weighted by Gasteiger charge is -2.53. The predicted molar refractivity (Wildman–Crippen MR) is 111 cm³/mol. The molecule has 4 aliphatic rings. The maximum absolute atomic E-state index is 12.9. The second-order valence-corrected chi connectivity index (χ2v) is 9.36. The molecule has 4 fully saturated rings. The van der Waals surface area contributed by atoms with E-state index in [9.17, 15) is 9.59 Å². The van der Waals surface area contributed by atoms with Crippen LogP contribution in [0.15, 0.2) is 36.4 Å². The van der Waals surface area contributed by atoms with Crippen LogP contribution < -0.4 is 10.9 Å². The van der Waals surface area contributed by atoms with E-state index in [-0.39, 0.29) is 17.7 Å². The maximum atomic E-state index is 12.9. The summed E-state index contributed by atoms with van der Waals surface area (Å²) in [5.74, 6) is 2.50. The van der Waals surface area contributed by atoms with Gasteiger partial charge in [-0.05, 0) is 87.8 Å². The van der Waals surface area contributed by atoms with Gasteiger partial charge in [0.05, 0.1) is 5.56 Å². The van der Waals surface area contributed by atoms with Crippen molar-refractivity contribution < 1.29 is 9.59 Å². The minimum Gasteiger partial charge on any atom is -0.318 e. The van der Waals surface area contributed by atoms with Crippen LogP contribution in [0.5, 0.6) is 0 Å². The zero-order valence-electron chi connectivity index (χ0n) is 17.2. The first-order valence-electron chi connectivity index (χ1n) is 10.9. The van der Waals surface area contributed by atoms with E-state index in [1.165, 1.54) is 32.1 Å². The number of nitrogens with zero attached hydrogens (tertiary/aromatic N) is 1. The quantitative estimate of drug-likeness (QED) is 0.779. The van der Waals surface area contributed by atoms with E-state index in [4.69, 9.17) is 0 Å². The van der Waals surface area contributed by atoms with Crippen LogP contribution in [0.2, 0.25) is 0 Å². The molecule has 2 amide bonds. The number of carbonyl (C=O) groups excluding carboxylic acids is 2. The molecule has 0 unspecified atom stereocenters. The van der Waals surface area contributed by atoms with E-state index < -0.39 is 0 Å². The highest BCUT2D eigenvalue weighted by Crippen LogP contribution is 2.56. The first-order chi connectivity index (χ1) is 14.0. The van der Waals surface area contributed by atoms with Gasteiger partial charge in [-0.25, -0.2) is 0 Å². The molecule has 5 heteroatoms. The fourth-order valence-corrected chi connectivity index (χ4v) is 6.59. The summed E-state index contributed by atoms with van der Waals surface area (Å²) in [7, 11) is 0. The van der Waals surface area contributed by atoms with Gasteiger partial charge in [-0.15, -0.1) is 0 Å². The van der Waals surface area contributed by atoms with Crippen molar-refractivity contribution >= 4 is 11.8 Å². The maximum Gasteiger partial charge on any atom is 0.271 e. The average Bonchev–Trinajstić information content (AvgIpc) is 3.00. The minimum atomic E-state index is -0.252. The Bertz CT molecular complexity index is 919. The van der Waals surface area contributed by atoms with Gasteiger partial charge in [0.1, 0.15) is 0 Å². The summed E-state index contributed by atoms with van der Waals surface area (Å²) in [6, 6.07) is 11.9. The fourth-order valence-electron chi connectivity index (χ4n) is 6.59. The van der Waals surface area contributed by atoms with Crippen molar-refractivity contribution in [2.75, 3.05) is 0 Å². The number of carbonyl (C=O) groups is 2. The summed E-state index contributed by atoms with van der Waals surface area (Å²) in [6.07, 6.45) is 6.14. The summed E-state index contributed by atoms with van der Waals surface area (Å²) in [5.41, 5.74) is 8.93. The first-order valence-corrected chi connectivity index (χ1v) is 10.9. The Labute approximate surface area is 171 Å². The van der Waals surface area contributed by atoms with Gasteiger partial charge in [0, 0.05) is 23.0 Å². The Morgan fingerprint density at radius 3 is 2.14 bits per heavy atom. The first kappa shape index (κ1) is 18.5. The van der Waals surface area contributed by atoms with E-state index in [0.29, 0.717) is 17.4 Å². The molecular formula is C24H29N3O2. The predicted octanol–water partition coefficient (Wildman–Crippen LogP) is 3.93. The van der Waals surface area contributed by atoms with Crippen LogP contribution >= 0.6 is 0 Å². The Morgan fingerprint density at radius 2 is 1.52 bits per heavy atom. The third-order valence-electron chi connectivity index (χ3n) is 7.52. The topological polar surface area (TPSA) is 63.1 Å². The molecule has 152 valence electrons. The molecule has 0 atom stereocenters. The molecule has 4 saturated carbocycles. The summed E-state index contributed by atoms with van der Waals surface area (Å²) in [5, 5.41) is 0. The zero-order chi connectivity index (χ0) is 20.1. The molecule has 5 nitrogen and oxygen atoms in total. The lowest BCUT2D eigenvalue weighted by atomic mass is 9.52. The second-order valence-electron chi connectivity index (χ2n) is 9.36. The highest BCUT2D eigenvalue weighted by Gasteiger charge is 2.50. The molecule has 6 rings (SSSR count). The Morgan fingerprint density at radius 1 is 0.897 bits per heavy atom. The van der Waals surface area contributed by atoms with Crippen LogP contribution in [-0.2, 0) is 4.79 Å². The van der Waals surface area contributed by atoms with Gasteiger partial charge in [-0.1, -0.05) is 18.2 Å². The van der Waals surface area contributed by atoms with Crippen molar-refractivity contribution in [3.63, 3.8) is 0 Å². The second kappa shape index (κ2) is 7.05. The van der Waals surface area contributed by atoms with Crippen LogP contribution in [0.25, 0.3) is 5.69 Å². The number of nitrogens with one attached hydrogen (secondary N) is 2. The molecular weight excluding hydrogens is 362 g/mol. The third-order valence-corrected chi connectivity index (χ3v) is 7.52. The van der Waals surface area contributed by atoms with Gasteiger partial charge in [0.2, 0.25) is 5.91 Å². The molecule has 4 bridgehead atoms. The van der Waals surface area contributed by atoms with Gasteiger partial charge in [0.25, 0.3) is 5.91 Å². The Hall–Kier alpha value is -2.56. The number of benzene rings is 1. The van der Waals surface area contributed by atoms with Gasteiger partial charge in [-0.3, -0.25) is 20.4 Å². The molecule has 0 aliphatic heterocycles. The number of aryl methyl sites for hydroxylation is 1. The molecule has 29 heavy (non-hydrogen) atoms. The largest absolute Gasteiger partial charge is 0.318 e. The lowest BCUT2D eigenvalue weighted by molar-refractivity contribution is -0.138. The van der Waals surface area contributed by atoms with Crippen LogP contribution in [-0.4, -0.2) is 16.4 Å². The van der Waals surface area contributed by atoms with E-state index in [2.05, 4.69) is 15.4 Å². The van der Waals surface area contributed by atoms with Crippen LogP contribution in [0, 0.1) is 43.4 Å². The molecule has 2 aromatic rings. The fraction of sp³-hybridized carbons (Fsp3) is 0.500. The highest BCUT2D eigenvalue weighted by atomic mass is 16.2. The standard InChI is InChI=1S/C24H29N3O2/c1-14-8-21(15(2)27(14)20-6-4-3-5-7-20)23(28)25-26-24(29)22-18-10-16-9-17(12-18)13-19(22)11-16/h3-8,16-19,22H,9-13H2,1-2H3,(H,25,28)(H,26,29). The Balaban J connectivity index is 1.27. The number of para-hydroxylation sites is 1. The molecule has 1 heterocycles. The van der Waals surface area contributed by atoms with Crippen LogP contribution in [0.3, 0.4) is 0 Å². The molecule has 2 N–H and O–H groups in total. The summed E-state index contributed by atoms with van der Waals surface area (Å²) < 4.78 is 2.06. The normalized spacial score (nSPS) is 29.7. The molecule has 1 aromatic heterocycles. The molecule has 4 aliphatic carbocycles.